The number of morpholine rings is 1. The van der Waals surface area contributed by atoms with Crippen LogP contribution in [-0.2, 0) is 14.3 Å². The zero-order valence-corrected chi connectivity index (χ0v) is 20.0. The van der Waals surface area contributed by atoms with Crippen LogP contribution in [-0.4, -0.2) is 78.8 Å². The Balaban J connectivity index is 1.37. The van der Waals surface area contributed by atoms with Crippen LogP contribution >= 0.6 is 23.4 Å². The second-order valence-corrected chi connectivity index (χ2v) is 10.3. The Kier molecular flexibility index (Phi) is 8.52. The van der Waals surface area contributed by atoms with Crippen LogP contribution in [0.1, 0.15) is 37.7 Å². The molecule has 1 aliphatic carbocycles. The highest BCUT2D eigenvalue weighted by atomic mass is 35.5. The molecule has 174 valence electrons. The second-order valence-electron chi connectivity index (χ2n) is 8.63. The minimum absolute atomic E-state index is 0.0541. The van der Waals surface area contributed by atoms with Crippen molar-refractivity contribution in [2.24, 2.45) is 0 Å². The van der Waals surface area contributed by atoms with E-state index in [2.05, 4.69) is 10.2 Å². The van der Waals surface area contributed by atoms with E-state index in [9.17, 15) is 9.59 Å². The van der Waals surface area contributed by atoms with E-state index in [4.69, 9.17) is 16.3 Å². The Morgan fingerprint density at radius 1 is 1.22 bits per heavy atom. The number of nitrogens with one attached hydrogen (secondary N) is 1. The maximum Gasteiger partial charge on any atom is 0.261 e. The molecule has 0 spiro atoms. The van der Waals surface area contributed by atoms with Crippen molar-refractivity contribution in [2.75, 3.05) is 45.9 Å². The molecule has 2 atom stereocenters. The third-order valence-electron chi connectivity index (χ3n) is 6.40. The van der Waals surface area contributed by atoms with Gasteiger partial charge in [0.25, 0.3) is 5.91 Å². The van der Waals surface area contributed by atoms with E-state index in [-0.39, 0.29) is 24.4 Å². The van der Waals surface area contributed by atoms with Gasteiger partial charge in [0.2, 0.25) is 5.91 Å². The first-order chi connectivity index (χ1) is 15.6. The molecule has 2 aliphatic heterocycles. The van der Waals surface area contributed by atoms with E-state index in [1.807, 2.05) is 30.3 Å². The largest absolute Gasteiger partial charge is 0.379 e. The average Bonchev–Trinajstić information content (AvgIpc) is 2.81. The van der Waals surface area contributed by atoms with Gasteiger partial charge in [-0.15, -0.1) is 11.8 Å². The molecule has 1 N–H and O–H groups in total. The second kappa shape index (κ2) is 11.5. The molecular weight excluding hydrogens is 446 g/mol. The predicted molar refractivity (Wildman–Crippen MR) is 130 cm³/mol. The predicted octanol–water partition coefficient (Wildman–Crippen LogP) is 3.41. The van der Waals surface area contributed by atoms with E-state index in [1.165, 1.54) is 6.42 Å². The topological polar surface area (TPSA) is 61.9 Å². The number of carbonyl (C=O) groups excluding carboxylic acids is 2. The summed E-state index contributed by atoms with van der Waals surface area (Å²) in [5, 5.41) is 3.99. The molecule has 3 aliphatic rings. The number of benzene rings is 1. The standard InChI is InChI=1S/C24H32ClN3O3S/c25-19-7-2-1-6-18(19)16-22-24(30)28(20-8-3-4-9-21(20)32-22)17-23(29)26-10-5-11-27-12-14-31-15-13-27/h1-2,6-7,16,20-21H,3-5,8-15,17H2,(H,26,29)/b22-16+. The molecule has 1 saturated carbocycles. The van der Waals surface area contributed by atoms with E-state index in [0.29, 0.717) is 21.7 Å². The summed E-state index contributed by atoms with van der Waals surface area (Å²) in [6.07, 6.45) is 7.10. The van der Waals surface area contributed by atoms with Gasteiger partial charge in [-0.1, -0.05) is 42.6 Å². The quantitative estimate of drug-likeness (QED) is 0.481. The lowest BCUT2D eigenvalue weighted by Gasteiger charge is -2.43. The first-order valence-corrected chi connectivity index (χ1v) is 12.9. The Hall–Kier alpha value is -1.54. The normalized spacial score (nSPS) is 25.6. The summed E-state index contributed by atoms with van der Waals surface area (Å²) in [4.78, 5) is 30.9. The summed E-state index contributed by atoms with van der Waals surface area (Å²) in [6.45, 7) is 5.19. The molecule has 6 nitrogen and oxygen atoms in total. The van der Waals surface area contributed by atoms with Crippen LogP contribution < -0.4 is 5.32 Å². The van der Waals surface area contributed by atoms with Gasteiger partial charge < -0.3 is 15.0 Å². The van der Waals surface area contributed by atoms with Crippen LogP contribution in [0.25, 0.3) is 6.08 Å². The minimum Gasteiger partial charge on any atom is -0.379 e. The van der Waals surface area contributed by atoms with Crippen molar-refractivity contribution in [3.63, 3.8) is 0 Å². The maximum absolute atomic E-state index is 13.4. The molecule has 2 heterocycles. The van der Waals surface area contributed by atoms with Crippen molar-refractivity contribution in [1.29, 1.82) is 0 Å². The molecule has 2 saturated heterocycles. The molecule has 2 amide bonds. The number of ether oxygens (including phenoxy) is 1. The average molecular weight is 478 g/mol. The van der Waals surface area contributed by atoms with Crippen molar-refractivity contribution in [3.8, 4) is 0 Å². The smallest absolute Gasteiger partial charge is 0.261 e. The van der Waals surface area contributed by atoms with E-state index < -0.39 is 0 Å². The number of hydrogen-bond donors (Lipinski definition) is 1. The fourth-order valence-corrected chi connectivity index (χ4v) is 6.32. The van der Waals surface area contributed by atoms with Gasteiger partial charge in [-0.05, 0) is 43.5 Å². The summed E-state index contributed by atoms with van der Waals surface area (Å²) in [5.74, 6) is -0.129. The van der Waals surface area contributed by atoms with E-state index >= 15 is 0 Å². The van der Waals surface area contributed by atoms with Crippen LogP contribution in [0.3, 0.4) is 0 Å². The highest BCUT2D eigenvalue weighted by molar-refractivity contribution is 8.04. The Bertz CT molecular complexity index is 844. The summed E-state index contributed by atoms with van der Waals surface area (Å²) in [7, 11) is 0. The molecule has 0 aromatic heterocycles. The lowest BCUT2D eigenvalue weighted by atomic mass is 9.93. The van der Waals surface area contributed by atoms with Gasteiger partial charge in [0.05, 0.1) is 18.1 Å². The lowest BCUT2D eigenvalue weighted by Crippen LogP contribution is -2.54. The zero-order valence-electron chi connectivity index (χ0n) is 18.4. The summed E-state index contributed by atoms with van der Waals surface area (Å²) < 4.78 is 5.37. The van der Waals surface area contributed by atoms with Crippen molar-refractivity contribution in [3.05, 3.63) is 39.8 Å². The molecule has 3 fully saturated rings. The van der Waals surface area contributed by atoms with Crippen LogP contribution in [0.5, 0.6) is 0 Å². The van der Waals surface area contributed by atoms with Crippen LogP contribution in [0.15, 0.2) is 29.2 Å². The SMILES string of the molecule is O=C(CN1C(=O)/C(=C\c2ccccc2Cl)SC2CCCCC21)NCCCN1CCOCC1. The molecule has 4 rings (SSSR count). The third kappa shape index (κ3) is 6.07. The fourth-order valence-electron chi connectivity index (χ4n) is 4.66. The number of amides is 2. The monoisotopic (exact) mass is 477 g/mol. The Labute approximate surface area is 199 Å². The first kappa shape index (κ1) is 23.6. The van der Waals surface area contributed by atoms with Crippen molar-refractivity contribution < 1.29 is 14.3 Å². The van der Waals surface area contributed by atoms with Gasteiger partial charge in [-0.25, -0.2) is 0 Å². The number of nitrogens with zero attached hydrogens (tertiary/aromatic N) is 2. The molecule has 32 heavy (non-hydrogen) atoms. The molecule has 2 unspecified atom stereocenters. The summed E-state index contributed by atoms with van der Waals surface area (Å²) in [6, 6.07) is 7.68. The Morgan fingerprint density at radius 3 is 2.81 bits per heavy atom. The highest BCUT2D eigenvalue weighted by Crippen LogP contribution is 2.42. The van der Waals surface area contributed by atoms with Gasteiger partial charge in [0.1, 0.15) is 6.54 Å². The number of thioether (sulfide) groups is 1. The number of rotatable bonds is 7. The van der Waals surface area contributed by atoms with Gasteiger partial charge in [-0.2, -0.15) is 0 Å². The molecule has 1 aromatic carbocycles. The lowest BCUT2D eigenvalue weighted by molar-refractivity contribution is -0.135. The van der Waals surface area contributed by atoms with Crippen LogP contribution in [0, 0.1) is 0 Å². The summed E-state index contributed by atoms with van der Waals surface area (Å²) in [5.41, 5.74) is 0.840. The number of hydrogen-bond acceptors (Lipinski definition) is 5. The molecular formula is C24H32ClN3O3S. The Morgan fingerprint density at radius 2 is 2.00 bits per heavy atom. The zero-order chi connectivity index (χ0) is 22.3. The fraction of sp³-hybridized carbons (Fsp3) is 0.583. The van der Waals surface area contributed by atoms with Crippen molar-refractivity contribution in [2.45, 2.75) is 43.4 Å². The van der Waals surface area contributed by atoms with E-state index in [1.54, 1.807) is 16.7 Å². The van der Waals surface area contributed by atoms with Gasteiger partial charge in [-0.3, -0.25) is 14.5 Å². The molecule has 8 heteroatoms. The van der Waals surface area contributed by atoms with Crippen molar-refractivity contribution in [1.82, 2.24) is 15.1 Å². The van der Waals surface area contributed by atoms with Crippen LogP contribution in [0.2, 0.25) is 5.02 Å². The minimum atomic E-state index is -0.0753. The maximum atomic E-state index is 13.4. The van der Waals surface area contributed by atoms with Gasteiger partial charge >= 0.3 is 0 Å². The molecule has 0 radical (unpaired) electrons. The number of halogens is 1. The molecule has 1 aromatic rings. The number of carbonyl (C=O) groups is 2. The first-order valence-electron chi connectivity index (χ1n) is 11.6. The third-order valence-corrected chi connectivity index (χ3v) is 8.14. The van der Waals surface area contributed by atoms with Crippen LogP contribution in [0.4, 0.5) is 0 Å². The van der Waals surface area contributed by atoms with Crippen molar-refractivity contribution >= 4 is 41.3 Å². The van der Waals surface area contributed by atoms with Gasteiger partial charge in [0.15, 0.2) is 0 Å². The van der Waals surface area contributed by atoms with Gasteiger partial charge in [0, 0.05) is 35.9 Å². The summed E-state index contributed by atoms with van der Waals surface area (Å²) >= 11 is 7.98. The number of fused-ring (bicyclic) bond motifs is 1. The molecule has 0 bridgehead atoms. The highest BCUT2D eigenvalue weighted by Gasteiger charge is 2.41. The van der Waals surface area contributed by atoms with E-state index in [0.717, 1.165) is 64.1 Å².